The summed E-state index contributed by atoms with van der Waals surface area (Å²) in [5.41, 5.74) is 0.0303. The van der Waals surface area contributed by atoms with E-state index in [2.05, 4.69) is 9.97 Å². The molecule has 6 nitrogen and oxygen atoms in total. The summed E-state index contributed by atoms with van der Waals surface area (Å²) in [6.45, 7) is 0. The van der Waals surface area contributed by atoms with Gasteiger partial charge < -0.3 is 4.74 Å². The fourth-order valence-electron chi connectivity index (χ4n) is 2.28. The number of hydrogen-bond acceptors (Lipinski definition) is 5. The maximum atomic E-state index is 12.7. The second-order valence-corrected chi connectivity index (χ2v) is 6.09. The van der Waals surface area contributed by atoms with Crippen molar-refractivity contribution in [3.8, 4) is 11.6 Å². The van der Waals surface area contributed by atoms with Crippen molar-refractivity contribution in [2.24, 2.45) is 0 Å². The first kappa shape index (κ1) is 19.6. The smallest absolute Gasteiger partial charge is 0.417 e. The molecule has 10 heteroatoms. The summed E-state index contributed by atoms with van der Waals surface area (Å²) in [6.07, 6.45) is -2.42. The van der Waals surface area contributed by atoms with Crippen molar-refractivity contribution < 1.29 is 22.8 Å². The third-order valence-electron chi connectivity index (χ3n) is 3.69. The van der Waals surface area contributed by atoms with E-state index in [0.29, 0.717) is 11.4 Å². The van der Waals surface area contributed by atoms with Gasteiger partial charge in [-0.3, -0.25) is 15.1 Å². The zero-order valence-corrected chi connectivity index (χ0v) is 14.7. The van der Waals surface area contributed by atoms with Gasteiger partial charge in [-0.15, -0.1) is 0 Å². The summed E-state index contributed by atoms with van der Waals surface area (Å²) in [5.74, 6) is 0.627. The molecule has 3 rings (SSSR count). The third-order valence-corrected chi connectivity index (χ3v) is 4.02. The van der Waals surface area contributed by atoms with Crippen LogP contribution in [0.3, 0.4) is 0 Å². The van der Waals surface area contributed by atoms with Crippen LogP contribution in [-0.2, 0) is 12.6 Å². The molecule has 1 aromatic carbocycles. The molecule has 0 aliphatic heterocycles. The number of nitrogens with zero attached hydrogens (tertiary/aromatic N) is 3. The second kappa shape index (κ2) is 7.81. The number of alkyl halides is 3. The summed E-state index contributed by atoms with van der Waals surface area (Å²) >= 11 is 5.92. The van der Waals surface area contributed by atoms with Gasteiger partial charge in [0.25, 0.3) is 5.69 Å². The molecule has 0 radical (unpaired) electrons. The number of aromatic nitrogens is 2. The topological polar surface area (TPSA) is 78.2 Å². The van der Waals surface area contributed by atoms with Crippen LogP contribution in [0.2, 0.25) is 5.02 Å². The molecule has 2 heterocycles. The zero-order valence-electron chi connectivity index (χ0n) is 14.0. The van der Waals surface area contributed by atoms with Crippen LogP contribution in [0, 0.1) is 10.1 Å². The van der Waals surface area contributed by atoms with Crippen LogP contribution < -0.4 is 4.74 Å². The van der Waals surface area contributed by atoms with Crippen LogP contribution in [0.1, 0.15) is 16.8 Å². The molecule has 0 aliphatic rings. The first-order valence-corrected chi connectivity index (χ1v) is 8.19. The predicted octanol–water partition coefficient (Wildman–Crippen LogP) is 5.44. The molecule has 0 saturated carbocycles. The Morgan fingerprint density at radius 3 is 2.32 bits per heavy atom. The molecule has 0 bridgehead atoms. The van der Waals surface area contributed by atoms with Gasteiger partial charge in [0.1, 0.15) is 11.9 Å². The summed E-state index contributed by atoms with van der Waals surface area (Å²) in [7, 11) is 0. The number of halogens is 4. The van der Waals surface area contributed by atoms with E-state index < -0.39 is 16.7 Å². The fourth-order valence-corrected chi connectivity index (χ4v) is 2.51. The normalized spacial score (nSPS) is 11.3. The quantitative estimate of drug-likeness (QED) is 0.414. The van der Waals surface area contributed by atoms with E-state index >= 15 is 0 Å². The molecular weight excluding hydrogens is 399 g/mol. The van der Waals surface area contributed by atoms with E-state index in [1.807, 2.05) is 0 Å². The van der Waals surface area contributed by atoms with Gasteiger partial charge in [-0.25, -0.2) is 4.98 Å². The molecule has 0 fully saturated rings. The van der Waals surface area contributed by atoms with Crippen LogP contribution in [0.4, 0.5) is 18.9 Å². The average molecular weight is 410 g/mol. The van der Waals surface area contributed by atoms with Crippen LogP contribution in [0.25, 0.3) is 0 Å². The van der Waals surface area contributed by atoms with Crippen molar-refractivity contribution >= 4 is 17.3 Å². The summed E-state index contributed by atoms with van der Waals surface area (Å²) in [4.78, 5) is 17.7. The highest BCUT2D eigenvalue weighted by atomic mass is 35.5. The predicted molar refractivity (Wildman–Crippen MR) is 94.5 cm³/mol. The Morgan fingerprint density at radius 1 is 1.07 bits per heavy atom. The average Bonchev–Trinajstić information content (AvgIpc) is 2.64. The van der Waals surface area contributed by atoms with Gasteiger partial charge in [0.15, 0.2) is 0 Å². The van der Waals surface area contributed by atoms with Crippen molar-refractivity contribution in [3.63, 3.8) is 0 Å². The SMILES string of the molecule is O=[N+]([O-])c1ccc(Oc2ccc(Cc3ncc(C(F)(F)F)cc3Cl)cc2)nc1. The van der Waals surface area contributed by atoms with E-state index in [4.69, 9.17) is 16.3 Å². The second-order valence-electron chi connectivity index (χ2n) is 5.68. The first-order chi connectivity index (χ1) is 13.2. The summed E-state index contributed by atoms with van der Waals surface area (Å²) in [6, 6.07) is 10.2. The van der Waals surface area contributed by atoms with E-state index in [9.17, 15) is 23.3 Å². The minimum absolute atomic E-state index is 0.0646. The molecule has 144 valence electrons. The van der Waals surface area contributed by atoms with Gasteiger partial charge in [0.05, 0.1) is 21.2 Å². The Kier molecular flexibility index (Phi) is 5.46. The molecular formula is C18H11ClF3N3O3. The summed E-state index contributed by atoms with van der Waals surface area (Å²) in [5, 5.41) is 10.5. The highest BCUT2D eigenvalue weighted by molar-refractivity contribution is 6.31. The Morgan fingerprint density at radius 2 is 1.79 bits per heavy atom. The van der Waals surface area contributed by atoms with Crippen molar-refractivity contribution in [1.82, 2.24) is 9.97 Å². The van der Waals surface area contributed by atoms with E-state index in [-0.39, 0.29) is 23.0 Å². The van der Waals surface area contributed by atoms with Gasteiger partial charge in [-0.1, -0.05) is 23.7 Å². The standard InChI is InChI=1S/C18H11ClF3N3O3/c19-15-8-12(18(20,21)22)9-23-16(15)7-11-1-4-14(5-2-11)28-17-6-3-13(10-24-17)25(26)27/h1-6,8-10H,7H2. The summed E-state index contributed by atoms with van der Waals surface area (Å²) < 4.78 is 43.5. The lowest BCUT2D eigenvalue weighted by atomic mass is 10.1. The number of pyridine rings is 2. The Labute approximate surface area is 161 Å². The number of hydrogen-bond donors (Lipinski definition) is 0. The molecule has 3 aromatic rings. The lowest BCUT2D eigenvalue weighted by molar-refractivity contribution is -0.385. The Balaban J connectivity index is 1.68. The monoisotopic (exact) mass is 409 g/mol. The van der Waals surface area contributed by atoms with E-state index in [1.165, 1.54) is 12.1 Å². The van der Waals surface area contributed by atoms with Crippen molar-refractivity contribution in [1.29, 1.82) is 0 Å². The molecule has 0 aliphatic carbocycles. The lowest BCUT2D eigenvalue weighted by Crippen LogP contribution is -2.06. The number of benzene rings is 1. The number of rotatable bonds is 5. The maximum Gasteiger partial charge on any atom is 0.417 e. The maximum absolute atomic E-state index is 12.7. The zero-order chi connectivity index (χ0) is 20.3. The fraction of sp³-hybridized carbons (Fsp3) is 0.111. The molecule has 28 heavy (non-hydrogen) atoms. The molecule has 0 N–H and O–H groups in total. The highest BCUT2D eigenvalue weighted by Crippen LogP contribution is 2.31. The molecule has 0 unspecified atom stereocenters. The van der Waals surface area contributed by atoms with Gasteiger partial charge in [0.2, 0.25) is 5.88 Å². The van der Waals surface area contributed by atoms with E-state index in [1.54, 1.807) is 24.3 Å². The van der Waals surface area contributed by atoms with Gasteiger partial charge in [-0.2, -0.15) is 13.2 Å². The van der Waals surface area contributed by atoms with Crippen molar-refractivity contribution in [2.75, 3.05) is 0 Å². The van der Waals surface area contributed by atoms with E-state index in [0.717, 1.165) is 24.0 Å². The lowest BCUT2D eigenvalue weighted by Gasteiger charge is -2.10. The molecule has 2 aromatic heterocycles. The minimum Gasteiger partial charge on any atom is -0.439 e. The number of nitro groups is 1. The van der Waals surface area contributed by atoms with Gasteiger partial charge in [-0.05, 0) is 23.8 Å². The van der Waals surface area contributed by atoms with Crippen molar-refractivity contribution in [2.45, 2.75) is 12.6 Å². The van der Waals surface area contributed by atoms with Gasteiger partial charge in [0, 0.05) is 24.8 Å². The highest BCUT2D eigenvalue weighted by Gasteiger charge is 2.31. The Bertz CT molecular complexity index is 994. The van der Waals surface area contributed by atoms with Crippen LogP contribution >= 0.6 is 11.6 Å². The van der Waals surface area contributed by atoms with Crippen LogP contribution in [0.15, 0.2) is 54.9 Å². The largest absolute Gasteiger partial charge is 0.439 e. The van der Waals surface area contributed by atoms with Crippen molar-refractivity contribution in [3.05, 3.63) is 86.8 Å². The van der Waals surface area contributed by atoms with Crippen LogP contribution in [-0.4, -0.2) is 14.9 Å². The first-order valence-electron chi connectivity index (χ1n) is 7.81. The Hall–Kier alpha value is -3.20. The third kappa shape index (κ3) is 4.74. The molecule has 0 spiro atoms. The minimum atomic E-state index is -4.50. The molecule has 0 amide bonds. The number of ether oxygens (including phenoxy) is 1. The van der Waals surface area contributed by atoms with Crippen LogP contribution in [0.5, 0.6) is 11.6 Å². The molecule has 0 saturated heterocycles. The van der Waals surface area contributed by atoms with Gasteiger partial charge >= 0.3 is 6.18 Å². The molecule has 0 atom stereocenters.